The van der Waals surface area contributed by atoms with Crippen molar-refractivity contribution in [1.29, 1.82) is 0 Å². The summed E-state index contributed by atoms with van der Waals surface area (Å²) in [6, 6.07) is 10.8. The van der Waals surface area contributed by atoms with Gasteiger partial charge in [-0.25, -0.2) is 0 Å². The van der Waals surface area contributed by atoms with Crippen LogP contribution < -0.4 is 4.68 Å². The molecule has 3 nitrogen and oxygen atoms in total. The molecule has 0 bridgehead atoms. The molecule has 0 spiro atoms. The Morgan fingerprint density at radius 2 is 1.95 bits per heavy atom. The molecule has 0 saturated heterocycles. The molecule has 0 saturated carbocycles. The van der Waals surface area contributed by atoms with Crippen molar-refractivity contribution in [2.24, 2.45) is 0 Å². The van der Waals surface area contributed by atoms with E-state index in [9.17, 15) is 0 Å². The second kappa shape index (κ2) is 6.69. The molecule has 0 atom stereocenters. The van der Waals surface area contributed by atoms with Crippen molar-refractivity contribution in [1.82, 2.24) is 9.90 Å². The Balaban J connectivity index is 1.85. The van der Waals surface area contributed by atoms with Crippen LogP contribution in [0.1, 0.15) is 45.6 Å². The first-order chi connectivity index (χ1) is 9.62. The largest absolute Gasteiger partial charge is 0.155 e. The zero-order valence-electron chi connectivity index (χ0n) is 12.9. The number of aromatic nitrogens is 3. The Bertz CT molecular complexity index is 514. The van der Waals surface area contributed by atoms with E-state index < -0.39 is 0 Å². The first-order valence-corrected chi connectivity index (χ1v) is 7.60. The van der Waals surface area contributed by atoms with Gasteiger partial charge in [0.05, 0.1) is 5.21 Å². The lowest BCUT2D eigenvalue weighted by Gasteiger charge is -2.24. The topological polar surface area (TPSA) is 21.7 Å². The van der Waals surface area contributed by atoms with Crippen LogP contribution in [0.2, 0.25) is 0 Å². The van der Waals surface area contributed by atoms with Crippen molar-refractivity contribution in [3.63, 3.8) is 0 Å². The molecule has 108 valence electrons. The fourth-order valence-electron chi connectivity index (χ4n) is 2.55. The maximum Gasteiger partial charge on any atom is 0.155 e. The molecular weight excluding hydrogens is 246 g/mol. The SMILES string of the molecule is CCC[n+]1ccn(CCCC(C)(C)c2ccccc2)n1. The first-order valence-electron chi connectivity index (χ1n) is 7.60. The van der Waals surface area contributed by atoms with E-state index >= 15 is 0 Å². The van der Waals surface area contributed by atoms with Gasteiger partial charge in [0, 0.05) is 0 Å². The van der Waals surface area contributed by atoms with Gasteiger partial charge in [-0.15, -0.1) is 9.36 Å². The molecule has 1 aromatic carbocycles. The van der Waals surface area contributed by atoms with Crippen molar-refractivity contribution in [3.05, 3.63) is 48.3 Å². The van der Waals surface area contributed by atoms with Gasteiger partial charge in [0.1, 0.15) is 13.1 Å². The van der Waals surface area contributed by atoms with E-state index in [1.54, 1.807) is 0 Å². The van der Waals surface area contributed by atoms with Crippen LogP contribution in [0.25, 0.3) is 0 Å². The number of rotatable bonds is 7. The van der Waals surface area contributed by atoms with Gasteiger partial charge in [-0.2, -0.15) is 0 Å². The maximum absolute atomic E-state index is 4.53. The zero-order chi connectivity index (χ0) is 14.4. The van der Waals surface area contributed by atoms with Crippen LogP contribution in [-0.4, -0.2) is 9.90 Å². The highest BCUT2D eigenvalue weighted by molar-refractivity contribution is 5.23. The predicted molar refractivity (Wildman–Crippen MR) is 81.4 cm³/mol. The fourth-order valence-corrected chi connectivity index (χ4v) is 2.55. The maximum atomic E-state index is 4.53. The van der Waals surface area contributed by atoms with E-state index in [-0.39, 0.29) is 5.41 Å². The summed E-state index contributed by atoms with van der Waals surface area (Å²) in [7, 11) is 0. The quantitative estimate of drug-likeness (QED) is 0.708. The minimum absolute atomic E-state index is 0.230. The summed E-state index contributed by atoms with van der Waals surface area (Å²) in [5.74, 6) is 0. The van der Waals surface area contributed by atoms with Gasteiger partial charge in [-0.1, -0.05) is 51.1 Å². The van der Waals surface area contributed by atoms with Gasteiger partial charge in [0.15, 0.2) is 12.4 Å². The van der Waals surface area contributed by atoms with Crippen molar-refractivity contribution in [2.75, 3.05) is 0 Å². The molecule has 0 fully saturated rings. The summed E-state index contributed by atoms with van der Waals surface area (Å²) < 4.78 is 4.07. The van der Waals surface area contributed by atoms with Crippen LogP contribution in [-0.2, 0) is 18.5 Å². The summed E-state index contributed by atoms with van der Waals surface area (Å²) >= 11 is 0. The van der Waals surface area contributed by atoms with Crippen molar-refractivity contribution < 1.29 is 4.68 Å². The number of aryl methyl sites for hydroxylation is 2. The molecule has 3 heteroatoms. The molecule has 0 aliphatic rings. The highest BCUT2D eigenvalue weighted by atomic mass is 15.5. The standard InChI is InChI=1S/C17H26N3/c1-4-12-19-14-15-20(18-19)13-8-11-17(2,3)16-9-6-5-7-10-16/h5-7,9-10,14-15H,4,8,11-13H2,1-3H3/q+1. The van der Waals surface area contributed by atoms with E-state index in [1.165, 1.54) is 12.0 Å². The first kappa shape index (κ1) is 14.8. The molecule has 0 N–H and O–H groups in total. The molecule has 0 amide bonds. The van der Waals surface area contributed by atoms with Gasteiger partial charge in [0.25, 0.3) is 0 Å². The average molecular weight is 272 g/mol. The van der Waals surface area contributed by atoms with E-state index in [2.05, 4.69) is 73.4 Å². The van der Waals surface area contributed by atoms with Gasteiger partial charge < -0.3 is 0 Å². The summed E-state index contributed by atoms with van der Waals surface area (Å²) in [4.78, 5) is 0. The highest BCUT2D eigenvalue weighted by Crippen LogP contribution is 2.28. The second-order valence-corrected chi connectivity index (χ2v) is 6.07. The average Bonchev–Trinajstić information content (AvgIpc) is 2.88. The van der Waals surface area contributed by atoms with Crippen LogP contribution >= 0.6 is 0 Å². The molecular formula is C17H26N3+. The summed E-state index contributed by atoms with van der Waals surface area (Å²) in [6.07, 6.45) is 7.58. The van der Waals surface area contributed by atoms with Crippen LogP contribution in [0.3, 0.4) is 0 Å². The normalized spacial score (nSPS) is 11.8. The van der Waals surface area contributed by atoms with E-state index in [4.69, 9.17) is 0 Å². The molecule has 20 heavy (non-hydrogen) atoms. The molecule has 0 radical (unpaired) electrons. The number of benzene rings is 1. The molecule has 0 aliphatic carbocycles. The van der Waals surface area contributed by atoms with Gasteiger partial charge >= 0.3 is 0 Å². The monoisotopic (exact) mass is 272 g/mol. The Labute approximate surface area is 122 Å². The van der Waals surface area contributed by atoms with E-state index in [0.717, 1.165) is 25.9 Å². The number of hydrogen-bond donors (Lipinski definition) is 0. The van der Waals surface area contributed by atoms with Crippen LogP contribution in [0.5, 0.6) is 0 Å². The van der Waals surface area contributed by atoms with E-state index in [1.807, 2.05) is 4.68 Å². The molecule has 0 unspecified atom stereocenters. The van der Waals surface area contributed by atoms with Crippen LogP contribution in [0, 0.1) is 0 Å². The highest BCUT2D eigenvalue weighted by Gasteiger charge is 2.20. The summed E-state index contributed by atoms with van der Waals surface area (Å²) in [5.41, 5.74) is 1.65. The zero-order valence-corrected chi connectivity index (χ0v) is 12.9. The Morgan fingerprint density at radius 1 is 1.20 bits per heavy atom. The van der Waals surface area contributed by atoms with E-state index in [0.29, 0.717) is 0 Å². The molecule has 1 heterocycles. The number of hydrogen-bond acceptors (Lipinski definition) is 1. The van der Waals surface area contributed by atoms with Gasteiger partial charge in [-0.3, -0.25) is 0 Å². The minimum atomic E-state index is 0.230. The lowest BCUT2D eigenvalue weighted by atomic mass is 9.80. The summed E-state index contributed by atoms with van der Waals surface area (Å²) in [6.45, 7) is 8.81. The third kappa shape index (κ3) is 3.92. The van der Waals surface area contributed by atoms with Crippen LogP contribution in [0.4, 0.5) is 0 Å². The Hall–Kier alpha value is -1.64. The third-order valence-electron chi connectivity index (χ3n) is 3.84. The van der Waals surface area contributed by atoms with Crippen molar-refractivity contribution in [2.45, 2.75) is 58.5 Å². The van der Waals surface area contributed by atoms with Gasteiger partial charge in [0.2, 0.25) is 0 Å². The van der Waals surface area contributed by atoms with Crippen LogP contribution in [0.15, 0.2) is 42.7 Å². The Kier molecular flexibility index (Phi) is 4.94. The minimum Gasteiger partial charge on any atom is -0.138 e. The molecule has 2 rings (SSSR count). The van der Waals surface area contributed by atoms with Crippen molar-refractivity contribution >= 4 is 0 Å². The van der Waals surface area contributed by atoms with Gasteiger partial charge in [-0.05, 0) is 30.2 Å². The predicted octanol–water partition coefficient (Wildman–Crippen LogP) is 3.34. The summed E-state index contributed by atoms with van der Waals surface area (Å²) in [5, 5.41) is 4.53. The van der Waals surface area contributed by atoms with Crippen molar-refractivity contribution in [3.8, 4) is 0 Å². The fraction of sp³-hybridized carbons (Fsp3) is 0.529. The third-order valence-corrected chi connectivity index (χ3v) is 3.84. The molecule has 1 aromatic heterocycles. The number of nitrogens with zero attached hydrogens (tertiary/aromatic N) is 3. The second-order valence-electron chi connectivity index (χ2n) is 6.07. The molecule has 0 aliphatic heterocycles. The lowest BCUT2D eigenvalue weighted by Crippen LogP contribution is -2.35. The Morgan fingerprint density at radius 3 is 2.65 bits per heavy atom. The smallest absolute Gasteiger partial charge is 0.138 e. The molecule has 2 aromatic rings. The lowest BCUT2D eigenvalue weighted by molar-refractivity contribution is -0.755.